The van der Waals surface area contributed by atoms with Crippen LogP contribution in [0.3, 0.4) is 0 Å². The van der Waals surface area contributed by atoms with E-state index in [0.717, 1.165) is 12.8 Å². The second kappa shape index (κ2) is 5.15. The molecule has 0 aromatic carbocycles. The van der Waals surface area contributed by atoms with Gasteiger partial charge in [0.05, 0.1) is 11.7 Å². The highest BCUT2D eigenvalue weighted by Gasteiger charge is 2.28. The van der Waals surface area contributed by atoms with Gasteiger partial charge in [0.25, 0.3) is 0 Å². The maximum Gasteiger partial charge on any atom is 0.140 e. The molecule has 1 aromatic heterocycles. The largest absolute Gasteiger partial charge is 0.490 e. The molecule has 1 saturated carbocycles. The van der Waals surface area contributed by atoms with Crippen molar-refractivity contribution in [2.45, 2.75) is 37.6 Å². The maximum absolute atomic E-state index is 8.63. The lowest BCUT2D eigenvalue weighted by molar-refractivity contribution is 0.173. The molecule has 2 N–H and O–H groups in total. The molecule has 0 bridgehead atoms. The molecule has 0 spiro atoms. The normalized spacial score (nSPS) is 18.4. The van der Waals surface area contributed by atoms with Crippen molar-refractivity contribution in [2.75, 3.05) is 6.61 Å². The molecule has 4 nitrogen and oxygen atoms in total. The summed E-state index contributed by atoms with van der Waals surface area (Å²) < 4.78 is 5.65. The number of nitriles is 1. The number of hydrogen-bond acceptors (Lipinski definition) is 4. The van der Waals surface area contributed by atoms with Gasteiger partial charge in [-0.05, 0) is 25.0 Å². The molecular weight excluding hydrogens is 214 g/mol. The van der Waals surface area contributed by atoms with Crippen molar-refractivity contribution in [3.8, 4) is 11.8 Å². The van der Waals surface area contributed by atoms with Gasteiger partial charge in [-0.2, -0.15) is 5.26 Å². The van der Waals surface area contributed by atoms with Crippen LogP contribution in [0, 0.1) is 11.3 Å². The summed E-state index contributed by atoms with van der Waals surface area (Å²) in [5.74, 6) is 0.680. The van der Waals surface area contributed by atoms with Crippen molar-refractivity contribution in [3.63, 3.8) is 0 Å². The summed E-state index contributed by atoms with van der Waals surface area (Å²) in [5, 5.41) is 8.63. The lowest BCUT2D eigenvalue weighted by Crippen LogP contribution is -2.47. The first kappa shape index (κ1) is 11.9. The Balaban J connectivity index is 1.90. The quantitative estimate of drug-likeness (QED) is 0.863. The lowest BCUT2D eigenvalue weighted by atomic mass is 9.83. The molecule has 0 radical (unpaired) electrons. The Bertz CT molecular complexity index is 402. The van der Waals surface area contributed by atoms with Crippen LogP contribution >= 0.6 is 0 Å². The first-order valence-electron chi connectivity index (χ1n) is 6.00. The van der Waals surface area contributed by atoms with Gasteiger partial charge in [-0.25, -0.2) is 4.98 Å². The zero-order valence-electron chi connectivity index (χ0n) is 9.85. The predicted octanol–water partition coefficient (Wildman–Crippen LogP) is 1.99. The third kappa shape index (κ3) is 3.18. The molecule has 17 heavy (non-hydrogen) atoms. The van der Waals surface area contributed by atoms with Crippen LogP contribution in [0.2, 0.25) is 0 Å². The van der Waals surface area contributed by atoms with Gasteiger partial charge in [-0.15, -0.1) is 0 Å². The number of hydrogen-bond donors (Lipinski definition) is 1. The van der Waals surface area contributed by atoms with Gasteiger partial charge in [-0.3, -0.25) is 0 Å². The highest BCUT2D eigenvalue weighted by atomic mass is 16.5. The molecule has 1 heterocycles. The van der Waals surface area contributed by atoms with Gasteiger partial charge >= 0.3 is 0 Å². The zero-order chi connectivity index (χ0) is 12.1. The number of ether oxygens (including phenoxy) is 1. The minimum Gasteiger partial charge on any atom is -0.490 e. The molecule has 1 aliphatic carbocycles. The molecule has 0 unspecified atom stereocenters. The average molecular weight is 231 g/mol. The van der Waals surface area contributed by atoms with E-state index in [-0.39, 0.29) is 5.54 Å². The molecule has 1 aliphatic rings. The maximum atomic E-state index is 8.63. The monoisotopic (exact) mass is 231 g/mol. The van der Waals surface area contributed by atoms with Crippen LogP contribution in [0.4, 0.5) is 0 Å². The standard InChI is InChI=1S/C13H17N3O/c14-8-11-4-5-12(9-16-11)17-10-13(15)6-2-1-3-7-13/h4-5,9H,1-3,6-7,10,15H2. The number of rotatable bonds is 3. The fourth-order valence-electron chi connectivity index (χ4n) is 2.16. The van der Waals surface area contributed by atoms with E-state index in [1.54, 1.807) is 18.3 Å². The van der Waals surface area contributed by atoms with Gasteiger partial charge in [0.2, 0.25) is 0 Å². The average Bonchev–Trinajstić information content (AvgIpc) is 2.38. The highest BCUT2D eigenvalue weighted by Crippen LogP contribution is 2.26. The Morgan fingerprint density at radius 2 is 2.12 bits per heavy atom. The summed E-state index contributed by atoms with van der Waals surface area (Å²) in [4.78, 5) is 3.96. The Morgan fingerprint density at radius 3 is 2.71 bits per heavy atom. The van der Waals surface area contributed by atoms with Gasteiger partial charge in [0.15, 0.2) is 0 Å². The Hall–Kier alpha value is -1.60. The Labute approximate surface area is 101 Å². The SMILES string of the molecule is N#Cc1ccc(OCC2(N)CCCCC2)cn1. The number of pyridine rings is 1. The van der Waals surface area contributed by atoms with Crippen molar-refractivity contribution >= 4 is 0 Å². The molecule has 0 atom stereocenters. The molecule has 0 saturated heterocycles. The van der Waals surface area contributed by atoms with Crippen LogP contribution < -0.4 is 10.5 Å². The van der Waals surface area contributed by atoms with Crippen molar-refractivity contribution in [2.24, 2.45) is 5.73 Å². The van der Waals surface area contributed by atoms with Crippen molar-refractivity contribution < 1.29 is 4.74 Å². The van der Waals surface area contributed by atoms with Gasteiger partial charge < -0.3 is 10.5 Å². The second-order valence-corrected chi connectivity index (χ2v) is 4.70. The minimum atomic E-state index is -0.188. The summed E-state index contributed by atoms with van der Waals surface area (Å²) in [5.41, 5.74) is 6.48. The van der Waals surface area contributed by atoms with Crippen LogP contribution in [0.15, 0.2) is 18.3 Å². The molecule has 0 amide bonds. The van der Waals surface area contributed by atoms with Crippen LogP contribution in [0.1, 0.15) is 37.8 Å². The van der Waals surface area contributed by atoms with Crippen LogP contribution in [0.25, 0.3) is 0 Å². The highest BCUT2D eigenvalue weighted by molar-refractivity contribution is 5.26. The molecule has 1 aromatic rings. The van der Waals surface area contributed by atoms with E-state index in [4.69, 9.17) is 15.7 Å². The first-order valence-corrected chi connectivity index (χ1v) is 6.00. The van der Waals surface area contributed by atoms with Gasteiger partial charge in [-0.1, -0.05) is 19.3 Å². The minimum absolute atomic E-state index is 0.188. The number of aromatic nitrogens is 1. The van der Waals surface area contributed by atoms with E-state index in [1.165, 1.54) is 19.3 Å². The van der Waals surface area contributed by atoms with E-state index >= 15 is 0 Å². The summed E-state index contributed by atoms with van der Waals surface area (Å²) in [7, 11) is 0. The fourth-order valence-corrected chi connectivity index (χ4v) is 2.16. The summed E-state index contributed by atoms with van der Waals surface area (Å²) in [6.45, 7) is 0.528. The lowest BCUT2D eigenvalue weighted by Gasteiger charge is -2.32. The zero-order valence-corrected chi connectivity index (χ0v) is 9.85. The second-order valence-electron chi connectivity index (χ2n) is 4.70. The summed E-state index contributed by atoms with van der Waals surface area (Å²) in [6.07, 6.45) is 7.27. The third-order valence-corrected chi connectivity index (χ3v) is 3.23. The van der Waals surface area contributed by atoms with Crippen LogP contribution in [-0.2, 0) is 0 Å². The Morgan fingerprint density at radius 1 is 1.35 bits per heavy atom. The molecule has 1 fully saturated rings. The molecule has 90 valence electrons. The summed E-state index contributed by atoms with van der Waals surface area (Å²) in [6, 6.07) is 5.39. The Kier molecular flexibility index (Phi) is 3.60. The van der Waals surface area contributed by atoms with Crippen molar-refractivity contribution in [1.29, 1.82) is 5.26 Å². The smallest absolute Gasteiger partial charge is 0.140 e. The van der Waals surface area contributed by atoms with Crippen molar-refractivity contribution in [3.05, 3.63) is 24.0 Å². The molecule has 0 aliphatic heterocycles. The van der Waals surface area contributed by atoms with E-state index in [1.807, 2.05) is 6.07 Å². The number of nitrogens with zero attached hydrogens (tertiary/aromatic N) is 2. The molecule has 2 rings (SSSR count). The van der Waals surface area contributed by atoms with E-state index in [0.29, 0.717) is 18.1 Å². The predicted molar refractivity (Wildman–Crippen MR) is 64.5 cm³/mol. The van der Waals surface area contributed by atoms with Gasteiger partial charge in [0, 0.05) is 0 Å². The van der Waals surface area contributed by atoms with E-state index in [9.17, 15) is 0 Å². The van der Waals surface area contributed by atoms with Crippen LogP contribution in [-0.4, -0.2) is 17.1 Å². The first-order chi connectivity index (χ1) is 8.22. The van der Waals surface area contributed by atoms with E-state index in [2.05, 4.69) is 4.98 Å². The fraction of sp³-hybridized carbons (Fsp3) is 0.538. The van der Waals surface area contributed by atoms with Gasteiger partial charge in [0.1, 0.15) is 24.1 Å². The number of nitrogens with two attached hydrogens (primary N) is 1. The van der Waals surface area contributed by atoms with Crippen molar-refractivity contribution in [1.82, 2.24) is 4.98 Å². The summed E-state index contributed by atoms with van der Waals surface area (Å²) >= 11 is 0. The van der Waals surface area contributed by atoms with Crippen LogP contribution in [0.5, 0.6) is 5.75 Å². The molecule has 4 heteroatoms. The van der Waals surface area contributed by atoms with E-state index < -0.39 is 0 Å². The molecular formula is C13H17N3O. The topological polar surface area (TPSA) is 71.9 Å². The third-order valence-electron chi connectivity index (χ3n) is 3.23.